The van der Waals surface area contributed by atoms with Gasteiger partial charge in [0, 0.05) is 13.2 Å². The number of hydrogen-bond acceptors (Lipinski definition) is 2. The molecule has 0 heterocycles. The third-order valence-corrected chi connectivity index (χ3v) is 7.16. The SMILES string of the molecule is C=CCCCO[Si](OCC(C)C)(c1ccccc1)c1ccccc1. The molecule has 0 bridgehead atoms. The Bertz CT molecular complexity index is 556. The number of allylic oxidation sites excluding steroid dienone is 1. The van der Waals surface area contributed by atoms with Gasteiger partial charge in [-0.2, -0.15) is 0 Å². The molecule has 0 fully saturated rings. The van der Waals surface area contributed by atoms with E-state index in [9.17, 15) is 0 Å². The standard InChI is InChI=1S/C21H28O2Si/c1-4-5-12-17-22-24(23-18-19(2)3,20-13-8-6-9-14-20)21-15-10-7-11-16-21/h4,6-11,13-16,19H,1,5,12,17-18H2,2-3H3. The Morgan fingerprint density at radius 1 is 0.917 bits per heavy atom. The minimum Gasteiger partial charge on any atom is -0.388 e. The maximum Gasteiger partial charge on any atom is 0.407 e. The van der Waals surface area contributed by atoms with E-state index >= 15 is 0 Å². The van der Waals surface area contributed by atoms with Crippen molar-refractivity contribution in [3.8, 4) is 0 Å². The lowest BCUT2D eigenvalue weighted by Crippen LogP contribution is -2.63. The van der Waals surface area contributed by atoms with Crippen molar-refractivity contribution in [2.45, 2.75) is 26.7 Å². The van der Waals surface area contributed by atoms with E-state index in [1.165, 1.54) is 0 Å². The molecule has 0 spiro atoms. The van der Waals surface area contributed by atoms with Crippen LogP contribution in [0.1, 0.15) is 26.7 Å². The highest BCUT2D eigenvalue weighted by atomic mass is 28.4. The van der Waals surface area contributed by atoms with Gasteiger partial charge in [0.2, 0.25) is 0 Å². The topological polar surface area (TPSA) is 18.5 Å². The lowest BCUT2D eigenvalue weighted by molar-refractivity contribution is 0.172. The molecule has 3 heteroatoms. The molecule has 0 aliphatic rings. The summed E-state index contributed by atoms with van der Waals surface area (Å²) in [5, 5.41) is 2.32. The fourth-order valence-corrected chi connectivity index (χ4v) is 5.93. The van der Waals surface area contributed by atoms with E-state index in [-0.39, 0.29) is 0 Å². The summed E-state index contributed by atoms with van der Waals surface area (Å²) < 4.78 is 13.1. The second-order valence-electron chi connectivity index (χ2n) is 6.33. The van der Waals surface area contributed by atoms with Crippen LogP contribution in [0.5, 0.6) is 0 Å². The first-order valence-corrected chi connectivity index (χ1v) is 10.5. The van der Waals surface area contributed by atoms with E-state index in [2.05, 4.69) is 69.0 Å². The summed E-state index contributed by atoms with van der Waals surface area (Å²) in [4.78, 5) is 0. The maximum atomic E-state index is 6.53. The molecular formula is C21H28O2Si. The fourth-order valence-electron chi connectivity index (χ4n) is 2.58. The molecule has 0 aliphatic heterocycles. The van der Waals surface area contributed by atoms with Crippen LogP contribution in [0.2, 0.25) is 0 Å². The largest absolute Gasteiger partial charge is 0.407 e. The Hall–Kier alpha value is -1.68. The molecule has 2 aromatic carbocycles. The van der Waals surface area contributed by atoms with E-state index in [1.807, 2.05) is 18.2 Å². The molecule has 24 heavy (non-hydrogen) atoms. The monoisotopic (exact) mass is 340 g/mol. The predicted octanol–water partition coefficient (Wildman–Crippen LogP) is 3.90. The highest BCUT2D eigenvalue weighted by molar-refractivity contribution is 6.92. The Labute approximate surface area is 147 Å². The first kappa shape index (κ1) is 18.7. The number of benzene rings is 2. The van der Waals surface area contributed by atoms with E-state index in [1.54, 1.807) is 0 Å². The molecule has 0 aliphatic carbocycles. The zero-order valence-corrected chi connectivity index (χ0v) is 15.8. The van der Waals surface area contributed by atoms with Gasteiger partial charge in [0.05, 0.1) is 0 Å². The Kier molecular flexibility index (Phi) is 7.44. The smallest absolute Gasteiger partial charge is 0.388 e. The van der Waals surface area contributed by atoms with Gasteiger partial charge in [0.1, 0.15) is 0 Å². The third kappa shape index (κ3) is 4.90. The number of rotatable bonds is 10. The Morgan fingerprint density at radius 2 is 1.46 bits per heavy atom. The molecule has 0 N–H and O–H groups in total. The van der Waals surface area contributed by atoms with Crippen molar-refractivity contribution in [3.05, 3.63) is 73.3 Å². The fraction of sp³-hybridized carbons (Fsp3) is 0.333. The van der Waals surface area contributed by atoms with Crippen molar-refractivity contribution in [1.29, 1.82) is 0 Å². The van der Waals surface area contributed by atoms with Crippen molar-refractivity contribution in [2.24, 2.45) is 5.92 Å². The molecule has 0 saturated heterocycles. The van der Waals surface area contributed by atoms with Gasteiger partial charge in [0.15, 0.2) is 0 Å². The van der Waals surface area contributed by atoms with Crippen LogP contribution in [0.15, 0.2) is 73.3 Å². The summed E-state index contributed by atoms with van der Waals surface area (Å²) in [6, 6.07) is 20.8. The van der Waals surface area contributed by atoms with Crippen molar-refractivity contribution < 1.29 is 8.85 Å². The van der Waals surface area contributed by atoms with E-state index < -0.39 is 8.56 Å². The van der Waals surface area contributed by atoms with Crippen LogP contribution in [0.4, 0.5) is 0 Å². The maximum absolute atomic E-state index is 6.53. The third-order valence-electron chi connectivity index (χ3n) is 3.79. The van der Waals surface area contributed by atoms with Crippen LogP contribution >= 0.6 is 0 Å². The van der Waals surface area contributed by atoms with Crippen molar-refractivity contribution in [2.75, 3.05) is 13.2 Å². The lowest BCUT2D eigenvalue weighted by Gasteiger charge is -2.32. The molecule has 2 nitrogen and oxygen atoms in total. The summed E-state index contributed by atoms with van der Waals surface area (Å²) in [5.41, 5.74) is 0. The molecule has 0 aromatic heterocycles. The van der Waals surface area contributed by atoms with Crippen molar-refractivity contribution >= 4 is 18.9 Å². The van der Waals surface area contributed by atoms with Crippen LogP contribution in [0.3, 0.4) is 0 Å². The lowest BCUT2D eigenvalue weighted by atomic mass is 10.2. The van der Waals surface area contributed by atoms with Gasteiger partial charge in [-0.25, -0.2) is 0 Å². The minimum absolute atomic E-state index is 0.459. The molecule has 0 amide bonds. The zero-order valence-electron chi connectivity index (χ0n) is 14.8. The van der Waals surface area contributed by atoms with Gasteiger partial charge in [-0.1, -0.05) is 80.6 Å². The van der Waals surface area contributed by atoms with Crippen LogP contribution in [-0.2, 0) is 8.85 Å². The molecule has 0 unspecified atom stereocenters. The summed E-state index contributed by atoms with van der Waals surface area (Å²) in [6.45, 7) is 9.51. The molecule has 0 radical (unpaired) electrons. The molecule has 2 aromatic rings. The van der Waals surface area contributed by atoms with Crippen molar-refractivity contribution in [1.82, 2.24) is 0 Å². The quantitative estimate of drug-likeness (QED) is 0.371. The average Bonchev–Trinajstić information content (AvgIpc) is 2.63. The highest BCUT2D eigenvalue weighted by Gasteiger charge is 2.42. The Morgan fingerprint density at radius 3 is 1.92 bits per heavy atom. The van der Waals surface area contributed by atoms with E-state index in [0.29, 0.717) is 19.1 Å². The number of hydrogen-bond donors (Lipinski definition) is 0. The van der Waals surface area contributed by atoms with Gasteiger partial charge in [-0.05, 0) is 29.1 Å². The predicted molar refractivity (Wildman–Crippen MR) is 104 cm³/mol. The zero-order chi connectivity index (χ0) is 17.3. The number of unbranched alkanes of at least 4 members (excludes halogenated alkanes) is 1. The first-order chi connectivity index (χ1) is 11.7. The molecule has 128 valence electrons. The summed E-state index contributed by atoms with van der Waals surface area (Å²) in [7, 11) is -2.69. The van der Waals surface area contributed by atoms with Crippen LogP contribution in [0.25, 0.3) is 0 Å². The van der Waals surface area contributed by atoms with Gasteiger partial charge in [0.25, 0.3) is 0 Å². The van der Waals surface area contributed by atoms with E-state index in [4.69, 9.17) is 8.85 Å². The van der Waals surface area contributed by atoms with E-state index in [0.717, 1.165) is 23.2 Å². The molecule has 2 rings (SSSR count). The average molecular weight is 341 g/mol. The second-order valence-corrected chi connectivity index (χ2v) is 9.30. The van der Waals surface area contributed by atoms with Crippen LogP contribution < -0.4 is 10.4 Å². The summed E-state index contributed by atoms with van der Waals surface area (Å²) in [5.74, 6) is 0.459. The highest BCUT2D eigenvalue weighted by Crippen LogP contribution is 2.13. The van der Waals surface area contributed by atoms with Gasteiger partial charge >= 0.3 is 8.56 Å². The molecule has 0 atom stereocenters. The summed E-state index contributed by atoms with van der Waals surface area (Å²) >= 11 is 0. The second kappa shape index (κ2) is 9.57. The van der Waals surface area contributed by atoms with Gasteiger partial charge in [-0.3, -0.25) is 0 Å². The van der Waals surface area contributed by atoms with Gasteiger partial charge < -0.3 is 8.85 Å². The van der Waals surface area contributed by atoms with Crippen LogP contribution in [-0.4, -0.2) is 21.8 Å². The molecular weight excluding hydrogens is 312 g/mol. The Balaban J connectivity index is 2.39. The molecule has 0 saturated carbocycles. The van der Waals surface area contributed by atoms with Crippen LogP contribution in [0, 0.1) is 5.92 Å². The minimum atomic E-state index is -2.69. The van der Waals surface area contributed by atoms with Crippen molar-refractivity contribution in [3.63, 3.8) is 0 Å². The summed E-state index contributed by atoms with van der Waals surface area (Å²) in [6.07, 6.45) is 3.85. The first-order valence-electron chi connectivity index (χ1n) is 8.69. The normalized spacial score (nSPS) is 11.6. The van der Waals surface area contributed by atoms with Gasteiger partial charge in [-0.15, -0.1) is 6.58 Å².